The summed E-state index contributed by atoms with van der Waals surface area (Å²) in [6, 6.07) is 9.95. The molecule has 1 aromatic heterocycles. The number of amides is 1. The molecule has 2 aromatic rings. The van der Waals surface area contributed by atoms with Crippen LogP contribution in [0.25, 0.3) is 0 Å². The molecule has 1 aromatic carbocycles. The molecular formula is C14H14N2O3. The van der Waals surface area contributed by atoms with Gasteiger partial charge in [-0.2, -0.15) is 0 Å². The van der Waals surface area contributed by atoms with Gasteiger partial charge in [-0.05, 0) is 30.3 Å². The van der Waals surface area contributed by atoms with Crippen molar-refractivity contribution in [2.75, 3.05) is 6.61 Å². The van der Waals surface area contributed by atoms with Crippen LogP contribution in [0.3, 0.4) is 0 Å². The number of aromatic nitrogens is 1. The van der Waals surface area contributed by atoms with Gasteiger partial charge in [0.1, 0.15) is 5.75 Å². The van der Waals surface area contributed by atoms with E-state index in [2.05, 4.69) is 0 Å². The molecule has 0 saturated heterocycles. The van der Waals surface area contributed by atoms with Crippen molar-refractivity contribution in [3.05, 3.63) is 53.9 Å². The number of aryl methyl sites for hydroxylation is 1. The van der Waals surface area contributed by atoms with Crippen LogP contribution in [0.1, 0.15) is 20.8 Å². The SMILES string of the molecule is Cn1cccc1C(=O)COc1cccc(C(N)=O)c1. The molecule has 2 N–H and O–H groups in total. The summed E-state index contributed by atoms with van der Waals surface area (Å²) in [4.78, 5) is 22.9. The summed E-state index contributed by atoms with van der Waals surface area (Å²) >= 11 is 0. The fourth-order valence-electron chi connectivity index (χ4n) is 1.71. The predicted octanol–water partition coefficient (Wildman–Crippen LogP) is 1.39. The Morgan fingerprint density at radius 1 is 1.26 bits per heavy atom. The zero-order valence-corrected chi connectivity index (χ0v) is 10.5. The first-order valence-corrected chi connectivity index (χ1v) is 5.75. The van der Waals surface area contributed by atoms with Gasteiger partial charge in [-0.25, -0.2) is 0 Å². The minimum atomic E-state index is -0.529. The third-order valence-electron chi connectivity index (χ3n) is 2.72. The molecule has 98 valence electrons. The van der Waals surface area contributed by atoms with Crippen LogP contribution in [0.2, 0.25) is 0 Å². The summed E-state index contributed by atoms with van der Waals surface area (Å²) in [5.74, 6) is -0.213. The number of hydrogen-bond acceptors (Lipinski definition) is 3. The average molecular weight is 258 g/mol. The van der Waals surface area contributed by atoms with E-state index in [0.29, 0.717) is 17.0 Å². The number of ether oxygens (including phenoxy) is 1. The number of carbonyl (C=O) groups excluding carboxylic acids is 2. The second-order valence-corrected chi connectivity index (χ2v) is 4.11. The molecular weight excluding hydrogens is 244 g/mol. The van der Waals surface area contributed by atoms with Crippen molar-refractivity contribution in [2.24, 2.45) is 12.8 Å². The molecule has 0 unspecified atom stereocenters. The molecule has 0 spiro atoms. The predicted molar refractivity (Wildman–Crippen MR) is 70.2 cm³/mol. The van der Waals surface area contributed by atoms with E-state index in [1.54, 1.807) is 48.1 Å². The highest BCUT2D eigenvalue weighted by atomic mass is 16.5. The standard InChI is InChI=1S/C14H14N2O3/c1-16-7-3-6-12(16)13(17)9-19-11-5-2-4-10(8-11)14(15)18/h2-8H,9H2,1H3,(H2,15,18). The maximum absolute atomic E-state index is 11.9. The summed E-state index contributed by atoms with van der Waals surface area (Å²) < 4.78 is 7.09. The largest absolute Gasteiger partial charge is 0.485 e. The number of nitrogens with two attached hydrogens (primary N) is 1. The van der Waals surface area contributed by atoms with Crippen molar-refractivity contribution >= 4 is 11.7 Å². The number of hydrogen-bond donors (Lipinski definition) is 1. The Labute approximate surface area is 110 Å². The van der Waals surface area contributed by atoms with Gasteiger partial charge in [-0.15, -0.1) is 0 Å². The van der Waals surface area contributed by atoms with Crippen molar-refractivity contribution in [1.82, 2.24) is 4.57 Å². The van der Waals surface area contributed by atoms with Gasteiger partial charge in [-0.1, -0.05) is 6.07 Å². The van der Waals surface area contributed by atoms with Gasteiger partial charge < -0.3 is 15.0 Å². The Kier molecular flexibility index (Phi) is 3.66. The minimum Gasteiger partial charge on any atom is -0.485 e. The number of ketones is 1. The highest BCUT2D eigenvalue weighted by Crippen LogP contribution is 2.13. The molecule has 19 heavy (non-hydrogen) atoms. The second-order valence-electron chi connectivity index (χ2n) is 4.11. The van der Waals surface area contributed by atoms with Gasteiger partial charge in [-0.3, -0.25) is 9.59 Å². The van der Waals surface area contributed by atoms with Crippen LogP contribution in [0.5, 0.6) is 5.75 Å². The Morgan fingerprint density at radius 3 is 2.68 bits per heavy atom. The normalized spacial score (nSPS) is 10.2. The van der Waals surface area contributed by atoms with E-state index in [1.165, 1.54) is 6.07 Å². The molecule has 1 amide bonds. The maximum atomic E-state index is 11.9. The first-order valence-electron chi connectivity index (χ1n) is 5.75. The topological polar surface area (TPSA) is 74.3 Å². The van der Waals surface area contributed by atoms with Crippen molar-refractivity contribution in [2.45, 2.75) is 0 Å². The van der Waals surface area contributed by atoms with Gasteiger partial charge in [0.2, 0.25) is 11.7 Å². The third-order valence-corrected chi connectivity index (χ3v) is 2.72. The van der Waals surface area contributed by atoms with Crippen LogP contribution in [0.4, 0.5) is 0 Å². The number of primary amides is 1. The number of rotatable bonds is 5. The first-order chi connectivity index (χ1) is 9.08. The van der Waals surface area contributed by atoms with E-state index in [-0.39, 0.29) is 12.4 Å². The first kappa shape index (κ1) is 12.9. The smallest absolute Gasteiger partial charge is 0.248 e. The monoisotopic (exact) mass is 258 g/mol. The molecule has 2 rings (SSSR count). The van der Waals surface area contributed by atoms with Crippen molar-refractivity contribution < 1.29 is 14.3 Å². The summed E-state index contributed by atoms with van der Waals surface area (Å²) in [5.41, 5.74) is 6.10. The van der Waals surface area contributed by atoms with Crippen LogP contribution in [0, 0.1) is 0 Å². The number of nitrogens with zero attached hydrogens (tertiary/aromatic N) is 1. The lowest BCUT2D eigenvalue weighted by Crippen LogP contribution is -2.15. The lowest BCUT2D eigenvalue weighted by Gasteiger charge is -2.07. The molecule has 0 atom stereocenters. The fourth-order valence-corrected chi connectivity index (χ4v) is 1.71. The van der Waals surface area contributed by atoms with Gasteiger partial charge >= 0.3 is 0 Å². The Hall–Kier alpha value is -2.56. The maximum Gasteiger partial charge on any atom is 0.248 e. The van der Waals surface area contributed by atoms with E-state index < -0.39 is 5.91 Å². The average Bonchev–Trinajstić information content (AvgIpc) is 2.82. The van der Waals surface area contributed by atoms with Crippen molar-refractivity contribution in [1.29, 1.82) is 0 Å². The minimum absolute atomic E-state index is 0.0833. The van der Waals surface area contributed by atoms with Crippen LogP contribution in [-0.2, 0) is 7.05 Å². The highest BCUT2D eigenvalue weighted by molar-refractivity contribution is 5.96. The van der Waals surface area contributed by atoms with Crippen LogP contribution >= 0.6 is 0 Å². The zero-order valence-electron chi connectivity index (χ0n) is 10.5. The zero-order chi connectivity index (χ0) is 13.8. The van der Waals surface area contributed by atoms with E-state index in [1.807, 2.05) is 0 Å². The van der Waals surface area contributed by atoms with Gasteiger partial charge in [0.15, 0.2) is 6.61 Å². The van der Waals surface area contributed by atoms with E-state index >= 15 is 0 Å². The molecule has 0 aliphatic rings. The molecule has 1 heterocycles. The van der Waals surface area contributed by atoms with Crippen molar-refractivity contribution in [3.8, 4) is 5.75 Å². The number of benzene rings is 1. The Bertz CT molecular complexity index is 617. The lowest BCUT2D eigenvalue weighted by atomic mass is 10.2. The third kappa shape index (κ3) is 3.01. The molecule has 5 heteroatoms. The molecule has 0 saturated carbocycles. The van der Waals surface area contributed by atoms with Gasteiger partial charge in [0.25, 0.3) is 0 Å². The second kappa shape index (κ2) is 5.39. The Balaban J connectivity index is 2.03. The van der Waals surface area contributed by atoms with Crippen LogP contribution in [-0.4, -0.2) is 22.9 Å². The van der Waals surface area contributed by atoms with Gasteiger partial charge in [0.05, 0.1) is 5.69 Å². The van der Waals surface area contributed by atoms with E-state index in [0.717, 1.165) is 0 Å². The number of carbonyl (C=O) groups is 2. The summed E-state index contributed by atoms with van der Waals surface area (Å²) in [6.07, 6.45) is 1.79. The quantitative estimate of drug-likeness (QED) is 0.823. The molecule has 0 bridgehead atoms. The number of Topliss-reactive ketones (excluding diaryl/α,β-unsaturated/α-hetero) is 1. The summed E-state index contributed by atoms with van der Waals surface area (Å²) in [7, 11) is 1.79. The molecule has 0 aliphatic carbocycles. The Morgan fingerprint density at radius 2 is 2.05 bits per heavy atom. The summed E-state index contributed by atoms with van der Waals surface area (Å²) in [6.45, 7) is -0.0833. The van der Waals surface area contributed by atoms with E-state index in [9.17, 15) is 9.59 Å². The van der Waals surface area contributed by atoms with Gasteiger partial charge in [0, 0.05) is 18.8 Å². The fraction of sp³-hybridized carbons (Fsp3) is 0.143. The molecule has 5 nitrogen and oxygen atoms in total. The summed E-state index contributed by atoms with van der Waals surface area (Å²) in [5, 5.41) is 0. The van der Waals surface area contributed by atoms with Crippen LogP contribution < -0.4 is 10.5 Å². The van der Waals surface area contributed by atoms with Crippen molar-refractivity contribution in [3.63, 3.8) is 0 Å². The van der Waals surface area contributed by atoms with Crippen LogP contribution in [0.15, 0.2) is 42.6 Å². The molecule has 0 fully saturated rings. The molecule has 0 radical (unpaired) electrons. The molecule has 0 aliphatic heterocycles. The van der Waals surface area contributed by atoms with E-state index in [4.69, 9.17) is 10.5 Å². The highest BCUT2D eigenvalue weighted by Gasteiger charge is 2.10. The lowest BCUT2D eigenvalue weighted by molar-refractivity contribution is 0.0913.